The topological polar surface area (TPSA) is 81.2 Å². The summed E-state index contributed by atoms with van der Waals surface area (Å²) in [5.41, 5.74) is 2.14. The van der Waals surface area contributed by atoms with E-state index in [2.05, 4.69) is 14.8 Å². The Kier molecular flexibility index (Phi) is 6.63. The lowest BCUT2D eigenvalue weighted by atomic mass is 10.1. The van der Waals surface area contributed by atoms with Gasteiger partial charge in [-0.05, 0) is 36.8 Å². The van der Waals surface area contributed by atoms with Gasteiger partial charge < -0.3 is 4.84 Å². The molecule has 0 bridgehead atoms. The number of hydrogen-bond acceptors (Lipinski definition) is 7. The maximum atomic E-state index is 13.7. The van der Waals surface area contributed by atoms with Crippen LogP contribution in [0.5, 0.6) is 0 Å². The van der Waals surface area contributed by atoms with Gasteiger partial charge in [0.15, 0.2) is 0 Å². The molecule has 2 aromatic carbocycles. The molecular weight excluding hydrogens is 513 g/mol. The molecule has 0 aliphatic carbocycles. The SMILES string of the molecule is Cc1sc(C(=O)ONC(=O)c2c(F)cccc2F)nc1-c1ncsc1-c1cccc(C(F)(F)F)c1. The Morgan fingerprint density at radius 3 is 2.40 bits per heavy atom. The molecule has 4 aromatic rings. The molecule has 0 fully saturated rings. The van der Waals surface area contributed by atoms with E-state index in [9.17, 15) is 31.5 Å². The Morgan fingerprint density at radius 2 is 1.71 bits per heavy atom. The first-order valence-corrected chi connectivity index (χ1v) is 11.3. The van der Waals surface area contributed by atoms with Gasteiger partial charge in [0, 0.05) is 4.88 Å². The van der Waals surface area contributed by atoms with Crippen molar-refractivity contribution in [3.63, 3.8) is 0 Å². The Bertz CT molecular complexity index is 1410. The van der Waals surface area contributed by atoms with Gasteiger partial charge in [0.25, 0.3) is 5.91 Å². The van der Waals surface area contributed by atoms with E-state index in [0.29, 0.717) is 9.75 Å². The second-order valence-corrected chi connectivity index (χ2v) is 9.01. The minimum Gasteiger partial charge on any atom is -0.333 e. The number of rotatable bonds is 4. The van der Waals surface area contributed by atoms with Crippen LogP contribution in [0.3, 0.4) is 0 Å². The molecule has 0 saturated carbocycles. The first kappa shape index (κ1) is 24.4. The van der Waals surface area contributed by atoms with Crippen LogP contribution in [-0.2, 0) is 11.0 Å². The van der Waals surface area contributed by atoms with Crippen molar-refractivity contribution < 1.29 is 36.4 Å². The highest BCUT2D eigenvalue weighted by atomic mass is 32.1. The average molecular weight is 525 g/mol. The van der Waals surface area contributed by atoms with Crippen LogP contribution in [-0.4, -0.2) is 21.8 Å². The standard InChI is InChI=1S/C22H12F5N3O3S2/c1-10-16(17-18(34-9-28-17)11-4-2-5-12(8-11)22(25,26)27)29-20(35-10)21(32)33-30-19(31)15-13(23)6-3-7-14(15)24/h2-9H,1H3,(H,30,31). The van der Waals surface area contributed by atoms with Crippen molar-refractivity contribution in [3.8, 4) is 21.8 Å². The molecule has 0 unspecified atom stereocenters. The number of aromatic nitrogens is 2. The van der Waals surface area contributed by atoms with Gasteiger partial charge in [0.05, 0.1) is 16.0 Å². The lowest BCUT2D eigenvalue weighted by molar-refractivity contribution is -0.137. The molecule has 13 heteroatoms. The molecule has 0 aliphatic rings. The van der Waals surface area contributed by atoms with E-state index in [1.165, 1.54) is 17.6 Å². The van der Waals surface area contributed by atoms with Crippen molar-refractivity contribution in [2.45, 2.75) is 13.1 Å². The lowest BCUT2D eigenvalue weighted by Crippen LogP contribution is -2.28. The van der Waals surface area contributed by atoms with Crippen molar-refractivity contribution in [2.75, 3.05) is 0 Å². The Hall–Kier alpha value is -3.71. The molecule has 0 atom stereocenters. The van der Waals surface area contributed by atoms with Gasteiger partial charge in [0.1, 0.15) is 28.6 Å². The summed E-state index contributed by atoms with van der Waals surface area (Å²) in [5.74, 6) is -4.70. The smallest absolute Gasteiger partial charge is 0.333 e. The normalized spacial score (nSPS) is 11.4. The minimum absolute atomic E-state index is 0.213. The summed E-state index contributed by atoms with van der Waals surface area (Å²) in [4.78, 5) is 38.3. The number of benzene rings is 2. The number of halogens is 5. The van der Waals surface area contributed by atoms with Crippen molar-refractivity contribution in [3.05, 3.63) is 80.6 Å². The highest BCUT2D eigenvalue weighted by Gasteiger charge is 2.31. The predicted octanol–water partition coefficient (Wildman–Crippen LogP) is 6.04. The molecule has 2 heterocycles. The van der Waals surface area contributed by atoms with Gasteiger partial charge >= 0.3 is 12.1 Å². The second kappa shape index (κ2) is 9.50. The number of amides is 1. The van der Waals surface area contributed by atoms with Crippen LogP contribution in [0.25, 0.3) is 21.8 Å². The molecule has 35 heavy (non-hydrogen) atoms. The molecular formula is C22H12F5N3O3S2. The highest BCUT2D eigenvalue weighted by Crippen LogP contribution is 2.39. The van der Waals surface area contributed by atoms with Crippen molar-refractivity contribution in [1.29, 1.82) is 0 Å². The summed E-state index contributed by atoms with van der Waals surface area (Å²) in [7, 11) is 0. The molecule has 0 spiro atoms. The van der Waals surface area contributed by atoms with E-state index in [4.69, 9.17) is 0 Å². The second-order valence-electron chi connectivity index (χ2n) is 6.95. The molecule has 0 saturated heterocycles. The Labute approximate surface area is 202 Å². The summed E-state index contributed by atoms with van der Waals surface area (Å²) < 4.78 is 66.8. The van der Waals surface area contributed by atoms with Gasteiger partial charge in [-0.25, -0.2) is 23.5 Å². The number of hydrogen-bond donors (Lipinski definition) is 1. The van der Waals surface area contributed by atoms with Crippen molar-refractivity contribution in [2.24, 2.45) is 0 Å². The fourth-order valence-electron chi connectivity index (χ4n) is 3.06. The first-order valence-electron chi connectivity index (χ1n) is 9.60. The van der Waals surface area contributed by atoms with Gasteiger partial charge in [-0.2, -0.15) is 18.7 Å². The zero-order valence-electron chi connectivity index (χ0n) is 17.4. The van der Waals surface area contributed by atoms with E-state index >= 15 is 0 Å². The molecule has 4 rings (SSSR count). The lowest BCUT2D eigenvalue weighted by Gasteiger charge is -2.08. The maximum absolute atomic E-state index is 13.7. The number of nitrogens with one attached hydrogen (secondary N) is 1. The molecule has 0 radical (unpaired) electrons. The van der Waals surface area contributed by atoms with Crippen LogP contribution in [0.4, 0.5) is 22.0 Å². The van der Waals surface area contributed by atoms with Gasteiger partial charge in [-0.15, -0.1) is 22.7 Å². The third-order valence-electron chi connectivity index (χ3n) is 4.64. The number of carbonyl (C=O) groups is 2. The first-order chi connectivity index (χ1) is 16.6. The largest absolute Gasteiger partial charge is 0.416 e. The van der Waals surface area contributed by atoms with Crippen LogP contribution < -0.4 is 5.48 Å². The van der Waals surface area contributed by atoms with Gasteiger partial charge in [-0.1, -0.05) is 18.2 Å². The molecule has 1 N–H and O–H groups in total. The number of aryl methyl sites for hydroxylation is 1. The predicted molar refractivity (Wildman–Crippen MR) is 118 cm³/mol. The number of thiazole rings is 2. The maximum Gasteiger partial charge on any atom is 0.416 e. The third-order valence-corrected chi connectivity index (χ3v) is 6.47. The van der Waals surface area contributed by atoms with Gasteiger partial charge in [-0.3, -0.25) is 4.79 Å². The van der Waals surface area contributed by atoms with E-state index in [1.807, 2.05) is 0 Å². The summed E-state index contributed by atoms with van der Waals surface area (Å²) in [6, 6.07) is 7.52. The zero-order chi connectivity index (χ0) is 25.3. The zero-order valence-corrected chi connectivity index (χ0v) is 19.1. The number of nitrogens with zero attached hydrogens (tertiary/aromatic N) is 2. The monoisotopic (exact) mass is 525 g/mol. The Balaban J connectivity index is 1.56. The van der Waals surface area contributed by atoms with Crippen LogP contribution >= 0.6 is 22.7 Å². The fraction of sp³-hybridized carbons (Fsp3) is 0.0909. The molecule has 0 aliphatic heterocycles. The van der Waals surface area contributed by atoms with Gasteiger partial charge in [0.2, 0.25) is 5.01 Å². The summed E-state index contributed by atoms with van der Waals surface area (Å²) in [5, 5.41) is -0.213. The van der Waals surface area contributed by atoms with Crippen LogP contribution in [0.1, 0.15) is 30.6 Å². The Morgan fingerprint density at radius 1 is 1.03 bits per heavy atom. The fourth-order valence-corrected chi connectivity index (χ4v) is 4.64. The number of alkyl halides is 3. The summed E-state index contributed by atoms with van der Waals surface area (Å²) in [6.45, 7) is 1.62. The summed E-state index contributed by atoms with van der Waals surface area (Å²) >= 11 is 1.98. The van der Waals surface area contributed by atoms with E-state index in [1.54, 1.807) is 12.4 Å². The molecule has 1 amide bonds. The number of hydroxylamine groups is 1. The average Bonchev–Trinajstić information content (AvgIpc) is 3.43. The molecule has 6 nitrogen and oxygen atoms in total. The van der Waals surface area contributed by atoms with E-state index in [-0.39, 0.29) is 22.0 Å². The minimum atomic E-state index is -4.52. The van der Waals surface area contributed by atoms with Crippen LogP contribution in [0.2, 0.25) is 0 Å². The van der Waals surface area contributed by atoms with Crippen LogP contribution in [0.15, 0.2) is 48.0 Å². The molecule has 2 aromatic heterocycles. The van der Waals surface area contributed by atoms with Crippen molar-refractivity contribution in [1.82, 2.24) is 15.4 Å². The summed E-state index contributed by atoms with van der Waals surface area (Å²) in [6.07, 6.45) is -4.52. The highest BCUT2D eigenvalue weighted by molar-refractivity contribution is 7.14. The molecule has 180 valence electrons. The number of carbonyl (C=O) groups excluding carboxylic acids is 2. The van der Waals surface area contributed by atoms with E-state index in [0.717, 1.165) is 53.0 Å². The van der Waals surface area contributed by atoms with Crippen LogP contribution in [0, 0.1) is 18.6 Å². The van der Waals surface area contributed by atoms with Crippen molar-refractivity contribution >= 4 is 34.6 Å². The quantitative estimate of drug-likeness (QED) is 0.260. The van der Waals surface area contributed by atoms with E-state index < -0.39 is 40.8 Å². The third kappa shape index (κ3) is 5.05.